The van der Waals surface area contributed by atoms with Crippen LogP contribution in [0.15, 0.2) is 27.4 Å². The Morgan fingerprint density at radius 2 is 2.31 bits per heavy atom. The molecule has 0 unspecified atom stereocenters. The summed E-state index contributed by atoms with van der Waals surface area (Å²) in [5, 5.41) is 2.88. The molecule has 16 heavy (non-hydrogen) atoms. The van der Waals surface area contributed by atoms with Crippen molar-refractivity contribution in [3.05, 3.63) is 34.3 Å². The van der Waals surface area contributed by atoms with Gasteiger partial charge in [0.2, 0.25) is 5.91 Å². The number of rotatable bonds is 4. The number of oxazole rings is 1. The molecule has 0 spiro atoms. The van der Waals surface area contributed by atoms with Crippen LogP contribution in [-0.2, 0) is 11.3 Å². The summed E-state index contributed by atoms with van der Waals surface area (Å²) in [4.78, 5) is 24.0. The van der Waals surface area contributed by atoms with Crippen molar-refractivity contribution in [1.29, 1.82) is 0 Å². The summed E-state index contributed by atoms with van der Waals surface area (Å²) in [6.07, 6.45) is 0. The second kappa shape index (κ2) is 4.19. The van der Waals surface area contributed by atoms with Gasteiger partial charge in [-0.3, -0.25) is 9.78 Å². The van der Waals surface area contributed by atoms with Crippen LogP contribution in [0.5, 0.6) is 0 Å². The standard InChI is InChI=1S/C10H11N3O3/c11-9(14)5-12-4-6-1-2-8-7(3-6)13-10(15)16-8/h1-3,12H,4-5H2,(H2,11,14)(H,13,15). The van der Waals surface area contributed by atoms with Crippen LogP contribution in [0.2, 0.25) is 0 Å². The molecule has 1 aromatic heterocycles. The highest BCUT2D eigenvalue weighted by atomic mass is 16.4. The van der Waals surface area contributed by atoms with E-state index in [0.29, 0.717) is 17.6 Å². The third kappa shape index (κ3) is 2.29. The third-order valence-electron chi connectivity index (χ3n) is 2.11. The molecule has 0 atom stereocenters. The molecule has 6 nitrogen and oxygen atoms in total. The predicted molar refractivity (Wildman–Crippen MR) is 57.7 cm³/mol. The smallest absolute Gasteiger partial charge is 0.408 e. The van der Waals surface area contributed by atoms with Crippen LogP contribution in [0, 0.1) is 0 Å². The van der Waals surface area contributed by atoms with Gasteiger partial charge in [-0.2, -0.15) is 0 Å². The highest BCUT2D eigenvalue weighted by molar-refractivity contribution is 5.76. The van der Waals surface area contributed by atoms with E-state index < -0.39 is 11.7 Å². The summed E-state index contributed by atoms with van der Waals surface area (Å²) >= 11 is 0. The first-order valence-corrected chi connectivity index (χ1v) is 4.76. The highest BCUT2D eigenvalue weighted by Gasteiger charge is 2.02. The maximum Gasteiger partial charge on any atom is 0.417 e. The lowest BCUT2D eigenvalue weighted by Gasteiger charge is -2.01. The molecule has 2 rings (SSSR count). The third-order valence-corrected chi connectivity index (χ3v) is 2.11. The van der Waals surface area contributed by atoms with E-state index in [1.807, 2.05) is 6.07 Å². The van der Waals surface area contributed by atoms with Crippen LogP contribution in [0.1, 0.15) is 5.56 Å². The van der Waals surface area contributed by atoms with Crippen LogP contribution in [0.25, 0.3) is 11.1 Å². The van der Waals surface area contributed by atoms with Crippen LogP contribution in [-0.4, -0.2) is 17.4 Å². The van der Waals surface area contributed by atoms with Crippen LogP contribution in [0.4, 0.5) is 0 Å². The zero-order valence-corrected chi connectivity index (χ0v) is 8.45. The highest BCUT2D eigenvalue weighted by Crippen LogP contribution is 2.11. The quantitative estimate of drug-likeness (QED) is 0.659. The molecule has 2 aromatic rings. The largest absolute Gasteiger partial charge is 0.417 e. The van der Waals surface area contributed by atoms with Crippen molar-refractivity contribution >= 4 is 17.0 Å². The van der Waals surface area contributed by atoms with E-state index in [4.69, 9.17) is 10.2 Å². The van der Waals surface area contributed by atoms with Crippen molar-refractivity contribution in [2.24, 2.45) is 5.73 Å². The monoisotopic (exact) mass is 221 g/mol. The Kier molecular flexibility index (Phi) is 2.74. The number of hydrogen-bond donors (Lipinski definition) is 3. The topological polar surface area (TPSA) is 101 Å². The Hall–Kier alpha value is -2.08. The molecular formula is C10H11N3O3. The summed E-state index contributed by atoms with van der Waals surface area (Å²) in [6.45, 7) is 0.631. The van der Waals surface area contributed by atoms with E-state index in [9.17, 15) is 9.59 Å². The normalized spacial score (nSPS) is 10.8. The number of carbonyl (C=O) groups excluding carboxylic acids is 1. The lowest BCUT2D eigenvalue weighted by molar-refractivity contribution is -0.117. The van der Waals surface area contributed by atoms with Gasteiger partial charge < -0.3 is 15.5 Å². The average Bonchev–Trinajstić information content (AvgIpc) is 2.56. The predicted octanol–water partition coefficient (Wildman–Crippen LogP) is -0.304. The Labute approximate surface area is 90.4 Å². The van der Waals surface area contributed by atoms with Crippen molar-refractivity contribution in [3.8, 4) is 0 Å². The van der Waals surface area contributed by atoms with Crippen LogP contribution < -0.4 is 16.8 Å². The Balaban J connectivity index is 2.13. The molecule has 0 fully saturated rings. The minimum atomic E-state index is -0.475. The first kappa shape index (κ1) is 10.4. The van der Waals surface area contributed by atoms with Crippen molar-refractivity contribution in [1.82, 2.24) is 10.3 Å². The first-order valence-electron chi connectivity index (χ1n) is 4.76. The number of benzene rings is 1. The van der Waals surface area contributed by atoms with E-state index in [1.165, 1.54) is 0 Å². The molecular weight excluding hydrogens is 210 g/mol. The molecule has 6 heteroatoms. The second-order valence-electron chi connectivity index (χ2n) is 3.41. The fraction of sp³-hybridized carbons (Fsp3) is 0.200. The number of amides is 1. The summed E-state index contributed by atoms with van der Waals surface area (Å²) < 4.78 is 4.86. The van der Waals surface area contributed by atoms with Crippen molar-refractivity contribution in [2.75, 3.05) is 6.54 Å². The summed E-state index contributed by atoms with van der Waals surface area (Å²) in [6, 6.07) is 5.30. The number of nitrogens with two attached hydrogens (primary N) is 1. The van der Waals surface area contributed by atoms with E-state index >= 15 is 0 Å². The Morgan fingerprint density at radius 1 is 1.50 bits per heavy atom. The molecule has 0 saturated heterocycles. The Morgan fingerprint density at radius 3 is 3.06 bits per heavy atom. The van der Waals surface area contributed by atoms with E-state index in [-0.39, 0.29) is 6.54 Å². The number of primary amides is 1. The zero-order valence-electron chi connectivity index (χ0n) is 8.45. The van der Waals surface area contributed by atoms with E-state index in [1.54, 1.807) is 12.1 Å². The van der Waals surface area contributed by atoms with Gasteiger partial charge in [-0.25, -0.2) is 4.79 Å². The fourth-order valence-corrected chi connectivity index (χ4v) is 1.44. The van der Waals surface area contributed by atoms with Crippen molar-refractivity contribution in [2.45, 2.75) is 6.54 Å². The summed E-state index contributed by atoms with van der Waals surface area (Å²) in [5.41, 5.74) is 7.08. The van der Waals surface area contributed by atoms with Gasteiger partial charge in [0.15, 0.2) is 5.58 Å². The lowest BCUT2D eigenvalue weighted by atomic mass is 10.2. The van der Waals surface area contributed by atoms with Gasteiger partial charge in [-0.05, 0) is 17.7 Å². The molecule has 4 N–H and O–H groups in total. The number of hydrogen-bond acceptors (Lipinski definition) is 4. The van der Waals surface area contributed by atoms with Gasteiger partial charge in [0, 0.05) is 6.54 Å². The van der Waals surface area contributed by atoms with Crippen molar-refractivity contribution in [3.63, 3.8) is 0 Å². The van der Waals surface area contributed by atoms with Crippen molar-refractivity contribution < 1.29 is 9.21 Å². The minimum absolute atomic E-state index is 0.125. The summed E-state index contributed by atoms with van der Waals surface area (Å²) in [7, 11) is 0. The molecule has 1 aromatic carbocycles. The number of nitrogens with one attached hydrogen (secondary N) is 2. The molecule has 0 aliphatic heterocycles. The number of fused-ring (bicyclic) bond motifs is 1. The molecule has 0 radical (unpaired) electrons. The molecule has 84 valence electrons. The number of H-pyrrole nitrogens is 1. The maximum absolute atomic E-state index is 10.9. The lowest BCUT2D eigenvalue weighted by Crippen LogP contribution is -2.28. The average molecular weight is 221 g/mol. The number of carbonyl (C=O) groups is 1. The second-order valence-corrected chi connectivity index (χ2v) is 3.41. The molecule has 0 bridgehead atoms. The summed E-state index contributed by atoms with van der Waals surface area (Å²) in [5.74, 6) is -0.880. The molecule has 0 aliphatic carbocycles. The van der Waals surface area contributed by atoms with Gasteiger partial charge in [0.05, 0.1) is 12.1 Å². The SMILES string of the molecule is NC(=O)CNCc1ccc2oc(=O)[nH]c2c1. The van der Waals surface area contributed by atoms with E-state index in [2.05, 4.69) is 10.3 Å². The van der Waals surface area contributed by atoms with Crippen LogP contribution in [0.3, 0.4) is 0 Å². The van der Waals surface area contributed by atoms with Gasteiger partial charge in [0.25, 0.3) is 0 Å². The number of aromatic nitrogens is 1. The van der Waals surface area contributed by atoms with Gasteiger partial charge in [0.1, 0.15) is 0 Å². The van der Waals surface area contributed by atoms with Gasteiger partial charge in [-0.15, -0.1) is 0 Å². The van der Waals surface area contributed by atoms with Crippen LogP contribution >= 0.6 is 0 Å². The zero-order chi connectivity index (χ0) is 11.5. The Bertz CT molecular complexity index is 570. The maximum atomic E-state index is 10.9. The molecule has 0 aliphatic rings. The fourth-order valence-electron chi connectivity index (χ4n) is 1.44. The minimum Gasteiger partial charge on any atom is -0.408 e. The number of aromatic amines is 1. The molecule has 1 heterocycles. The van der Waals surface area contributed by atoms with Gasteiger partial charge >= 0.3 is 5.76 Å². The molecule has 1 amide bonds. The van der Waals surface area contributed by atoms with E-state index in [0.717, 1.165) is 5.56 Å². The first-order chi connectivity index (χ1) is 7.65. The molecule has 0 saturated carbocycles. The van der Waals surface area contributed by atoms with Gasteiger partial charge in [-0.1, -0.05) is 6.07 Å².